The van der Waals surface area contributed by atoms with Gasteiger partial charge in [-0.3, -0.25) is 9.36 Å². The van der Waals surface area contributed by atoms with Crippen LogP contribution in [0.2, 0.25) is 0 Å². The zero-order chi connectivity index (χ0) is 19.0. The average Bonchev–Trinajstić information content (AvgIpc) is 3.37. The van der Waals surface area contributed by atoms with E-state index in [1.54, 1.807) is 6.92 Å². The fraction of sp³-hybridized carbons (Fsp3) is 0.647. The summed E-state index contributed by atoms with van der Waals surface area (Å²) in [4.78, 5) is 25.0. The molecule has 2 aromatic rings. The number of imidazole rings is 1. The van der Waals surface area contributed by atoms with Crippen LogP contribution in [-0.2, 0) is 9.53 Å². The zero-order valence-electron chi connectivity index (χ0n) is 15.1. The van der Waals surface area contributed by atoms with Crippen LogP contribution in [0.4, 0.5) is 5.82 Å². The van der Waals surface area contributed by atoms with E-state index in [4.69, 9.17) is 4.74 Å². The molecular formula is C17H24N6O4. The van der Waals surface area contributed by atoms with Gasteiger partial charge in [0.15, 0.2) is 29.3 Å². The van der Waals surface area contributed by atoms with Gasteiger partial charge in [-0.15, -0.1) is 0 Å². The minimum Gasteiger partial charge on any atom is -0.387 e. The predicted molar refractivity (Wildman–Crippen MR) is 95.8 cm³/mol. The van der Waals surface area contributed by atoms with E-state index >= 15 is 0 Å². The van der Waals surface area contributed by atoms with Crippen LogP contribution in [0.15, 0.2) is 12.7 Å². The van der Waals surface area contributed by atoms with Crippen LogP contribution in [0.1, 0.15) is 38.8 Å². The molecule has 2 aromatic heterocycles. The molecule has 4 rings (SSSR count). The maximum atomic E-state index is 12.1. The molecule has 2 fully saturated rings. The lowest BCUT2D eigenvalue weighted by Gasteiger charge is -2.17. The third-order valence-corrected chi connectivity index (χ3v) is 5.18. The van der Waals surface area contributed by atoms with Gasteiger partial charge in [-0.1, -0.05) is 12.8 Å². The molecule has 0 bridgehead atoms. The third kappa shape index (κ3) is 3.24. The molecule has 1 unspecified atom stereocenters. The van der Waals surface area contributed by atoms with E-state index in [2.05, 4.69) is 25.6 Å². The van der Waals surface area contributed by atoms with E-state index in [-0.39, 0.29) is 0 Å². The molecule has 1 saturated heterocycles. The summed E-state index contributed by atoms with van der Waals surface area (Å²) in [6.07, 6.45) is 2.76. The maximum absolute atomic E-state index is 12.1. The van der Waals surface area contributed by atoms with Crippen molar-refractivity contribution >= 4 is 22.9 Å². The molecule has 10 nitrogen and oxygen atoms in total. The third-order valence-electron chi connectivity index (χ3n) is 5.18. The summed E-state index contributed by atoms with van der Waals surface area (Å²) in [5.41, 5.74) is 1.04. The van der Waals surface area contributed by atoms with Gasteiger partial charge in [-0.05, 0) is 19.8 Å². The summed E-state index contributed by atoms with van der Waals surface area (Å²) >= 11 is 0. The summed E-state index contributed by atoms with van der Waals surface area (Å²) in [7, 11) is 0. The first kappa shape index (κ1) is 18.1. The van der Waals surface area contributed by atoms with E-state index in [1.165, 1.54) is 30.1 Å². The van der Waals surface area contributed by atoms with Gasteiger partial charge < -0.3 is 25.6 Å². The number of hydrogen-bond acceptors (Lipinski definition) is 8. The number of fused-ring (bicyclic) bond motifs is 1. The normalized spacial score (nSPS) is 28.7. The number of aliphatic hydroxyl groups is 2. The fourth-order valence-corrected chi connectivity index (χ4v) is 3.79. The van der Waals surface area contributed by atoms with Crippen LogP contribution in [0.5, 0.6) is 0 Å². The molecule has 3 heterocycles. The molecule has 0 spiro atoms. The number of carbonyl (C=O) groups excluding carboxylic acids is 1. The highest BCUT2D eigenvalue weighted by Gasteiger charge is 2.47. The monoisotopic (exact) mass is 376 g/mol. The first-order chi connectivity index (χ1) is 13.1. The Hall–Kier alpha value is -2.30. The second kappa shape index (κ2) is 7.37. The Kier molecular flexibility index (Phi) is 4.94. The molecule has 1 aliphatic heterocycles. The standard InChI is InChI=1S/C17H24N6O4/c1-2-18-16(26)13-11(24)12(25)17(27-13)23-8-21-10-14(19-7-20-15(10)23)22-9-5-3-4-6-9/h7-9,11-13,17,24-25H,2-6H2,1H3,(H,18,26)(H,19,20,22)/t11-,12?,13+,17-/m1/s1. The number of carbonyl (C=O) groups is 1. The van der Waals surface area contributed by atoms with Gasteiger partial charge in [-0.2, -0.15) is 0 Å². The number of nitrogens with one attached hydrogen (secondary N) is 2. The fourth-order valence-electron chi connectivity index (χ4n) is 3.79. The largest absolute Gasteiger partial charge is 0.387 e. The lowest BCUT2D eigenvalue weighted by atomic mass is 10.1. The second-order valence-corrected chi connectivity index (χ2v) is 7.00. The van der Waals surface area contributed by atoms with Crippen molar-refractivity contribution in [2.24, 2.45) is 0 Å². The number of amides is 1. The Morgan fingerprint density at radius 2 is 2.04 bits per heavy atom. The van der Waals surface area contributed by atoms with Gasteiger partial charge in [0.1, 0.15) is 18.5 Å². The topological polar surface area (TPSA) is 134 Å². The minimum atomic E-state index is -1.34. The van der Waals surface area contributed by atoms with Crippen LogP contribution in [0, 0.1) is 0 Å². The summed E-state index contributed by atoms with van der Waals surface area (Å²) < 4.78 is 7.19. The molecule has 0 radical (unpaired) electrons. The summed E-state index contributed by atoms with van der Waals surface area (Å²) in [5.74, 6) is 0.174. The Labute approximate surface area is 156 Å². The Balaban J connectivity index is 1.61. The van der Waals surface area contributed by atoms with E-state index in [9.17, 15) is 15.0 Å². The van der Waals surface area contributed by atoms with Crippen molar-refractivity contribution in [3.63, 3.8) is 0 Å². The smallest absolute Gasteiger partial charge is 0.252 e. The van der Waals surface area contributed by atoms with Gasteiger partial charge in [0.05, 0.1) is 6.33 Å². The number of rotatable bonds is 5. The van der Waals surface area contributed by atoms with Gasteiger partial charge in [0.2, 0.25) is 0 Å². The lowest BCUT2D eigenvalue weighted by Crippen LogP contribution is -2.42. The van der Waals surface area contributed by atoms with Gasteiger partial charge in [0.25, 0.3) is 5.91 Å². The van der Waals surface area contributed by atoms with Crippen LogP contribution in [-0.4, -0.2) is 66.5 Å². The van der Waals surface area contributed by atoms with Crippen LogP contribution in [0.3, 0.4) is 0 Å². The van der Waals surface area contributed by atoms with Crippen LogP contribution >= 0.6 is 0 Å². The molecule has 1 aliphatic carbocycles. The molecule has 4 N–H and O–H groups in total. The van der Waals surface area contributed by atoms with Gasteiger partial charge >= 0.3 is 0 Å². The molecule has 0 aromatic carbocycles. The summed E-state index contributed by atoms with van der Waals surface area (Å²) in [5, 5.41) is 26.6. The predicted octanol–water partition coefficient (Wildman–Crippen LogP) is -0.0639. The molecule has 146 valence electrons. The minimum absolute atomic E-state index is 0.366. The number of ether oxygens (including phenoxy) is 1. The van der Waals surface area contributed by atoms with Gasteiger partial charge in [0, 0.05) is 12.6 Å². The van der Waals surface area contributed by atoms with Crippen molar-refractivity contribution in [3.8, 4) is 0 Å². The Morgan fingerprint density at radius 3 is 2.78 bits per heavy atom. The Bertz CT molecular complexity index is 821. The average molecular weight is 376 g/mol. The highest BCUT2D eigenvalue weighted by atomic mass is 16.6. The number of hydrogen-bond donors (Lipinski definition) is 4. The van der Waals surface area contributed by atoms with Crippen molar-refractivity contribution in [2.75, 3.05) is 11.9 Å². The number of nitrogens with zero attached hydrogens (tertiary/aromatic N) is 4. The maximum Gasteiger partial charge on any atom is 0.252 e. The van der Waals surface area contributed by atoms with Crippen molar-refractivity contribution in [1.82, 2.24) is 24.8 Å². The van der Waals surface area contributed by atoms with Crippen molar-refractivity contribution in [3.05, 3.63) is 12.7 Å². The first-order valence-corrected chi connectivity index (χ1v) is 9.33. The van der Waals surface area contributed by atoms with E-state index in [1.807, 2.05) is 0 Å². The SMILES string of the molecule is CCNC(=O)[C@H]1O[C@@H](n2cnc3c(NC4CCCC4)ncnc32)C(O)[C@H]1O. The Morgan fingerprint density at radius 1 is 1.26 bits per heavy atom. The first-order valence-electron chi connectivity index (χ1n) is 9.33. The van der Waals surface area contributed by atoms with E-state index < -0.39 is 30.4 Å². The summed E-state index contributed by atoms with van der Waals surface area (Å²) in [6, 6.07) is 0.366. The molecule has 1 saturated carbocycles. The van der Waals surface area contributed by atoms with Crippen LogP contribution in [0.25, 0.3) is 11.2 Å². The lowest BCUT2D eigenvalue weighted by molar-refractivity contribution is -0.137. The second-order valence-electron chi connectivity index (χ2n) is 7.00. The quantitative estimate of drug-likeness (QED) is 0.570. The highest BCUT2D eigenvalue weighted by Crippen LogP contribution is 2.33. The molecule has 4 atom stereocenters. The van der Waals surface area contributed by atoms with Crippen molar-refractivity contribution < 1.29 is 19.7 Å². The number of anilines is 1. The molecule has 1 amide bonds. The van der Waals surface area contributed by atoms with Gasteiger partial charge in [-0.25, -0.2) is 15.0 Å². The van der Waals surface area contributed by atoms with Crippen LogP contribution < -0.4 is 10.6 Å². The van der Waals surface area contributed by atoms with E-state index in [0.717, 1.165) is 12.8 Å². The number of aromatic nitrogens is 4. The number of likely N-dealkylation sites (N-methyl/N-ethyl adjacent to an activating group) is 1. The van der Waals surface area contributed by atoms with E-state index in [0.29, 0.717) is 29.6 Å². The van der Waals surface area contributed by atoms with Crippen molar-refractivity contribution in [2.45, 2.75) is 63.2 Å². The zero-order valence-corrected chi connectivity index (χ0v) is 15.1. The molecule has 2 aliphatic rings. The molecule has 27 heavy (non-hydrogen) atoms. The van der Waals surface area contributed by atoms with Crippen molar-refractivity contribution in [1.29, 1.82) is 0 Å². The number of aliphatic hydroxyl groups excluding tert-OH is 2. The summed E-state index contributed by atoms with van der Waals surface area (Å²) in [6.45, 7) is 2.18. The highest BCUT2D eigenvalue weighted by molar-refractivity contribution is 5.83. The molecular weight excluding hydrogens is 352 g/mol. The molecule has 10 heteroatoms.